The third-order valence-electron chi connectivity index (χ3n) is 2.77. The molecule has 19 heavy (non-hydrogen) atoms. The van der Waals surface area contributed by atoms with Crippen molar-refractivity contribution in [3.63, 3.8) is 0 Å². The Balaban J connectivity index is 2.18. The molecular formula is C14H14Cl2N2O. The predicted molar refractivity (Wildman–Crippen MR) is 78.6 cm³/mol. The van der Waals surface area contributed by atoms with Gasteiger partial charge in [-0.05, 0) is 29.8 Å². The molecule has 0 bridgehead atoms. The number of carbonyl (C=O) groups is 1. The zero-order valence-corrected chi connectivity index (χ0v) is 12.0. The summed E-state index contributed by atoms with van der Waals surface area (Å²) in [6, 6.07) is 9.52. The average molecular weight is 297 g/mol. The second kappa shape index (κ2) is 6.13. The molecule has 0 fully saturated rings. The van der Waals surface area contributed by atoms with Crippen molar-refractivity contribution < 1.29 is 4.79 Å². The van der Waals surface area contributed by atoms with Crippen molar-refractivity contribution in [2.45, 2.75) is 13.5 Å². The first-order valence-corrected chi connectivity index (χ1v) is 6.68. The Morgan fingerprint density at radius 1 is 1.26 bits per heavy atom. The van der Waals surface area contributed by atoms with E-state index in [-0.39, 0.29) is 5.91 Å². The number of carbonyl (C=O) groups excluding carboxylic acids is 1. The van der Waals surface area contributed by atoms with E-state index < -0.39 is 0 Å². The molecule has 0 radical (unpaired) electrons. The van der Waals surface area contributed by atoms with Crippen molar-refractivity contribution in [1.29, 1.82) is 0 Å². The van der Waals surface area contributed by atoms with Gasteiger partial charge in [0.1, 0.15) is 0 Å². The maximum absolute atomic E-state index is 10.9. The number of rotatable bonds is 4. The van der Waals surface area contributed by atoms with Crippen LogP contribution in [0.2, 0.25) is 10.0 Å². The third-order valence-corrected chi connectivity index (χ3v) is 3.51. The van der Waals surface area contributed by atoms with Crippen molar-refractivity contribution in [3.8, 4) is 11.3 Å². The molecule has 1 aromatic carbocycles. The van der Waals surface area contributed by atoms with E-state index in [0.29, 0.717) is 23.1 Å². The van der Waals surface area contributed by atoms with Crippen molar-refractivity contribution in [1.82, 2.24) is 9.88 Å². The molecule has 1 amide bonds. The van der Waals surface area contributed by atoms with Crippen LogP contribution in [-0.2, 0) is 11.3 Å². The van der Waals surface area contributed by atoms with Crippen molar-refractivity contribution in [2.75, 3.05) is 6.54 Å². The first kappa shape index (κ1) is 14.0. The molecule has 2 rings (SSSR count). The van der Waals surface area contributed by atoms with Crippen LogP contribution < -0.4 is 5.32 Å². The van der Waals surface area contributed by atoms with Gasteiger partial charge in [0.25, 0.3) is 0 Å². The lowest BCUT2D eigenvalue weighted by molar-refractivity contribution is -0.118. The molecular weight excluding hydrogens is 283 g/mol. The van der Waals surface area contributed by atoms with E-state index in [2.05, 4.69) is 9.88 Å². The molecule has 2 aromatic rings. The van der Waals surface area contributed by atoms with Gasteiger partial charge in [0.2, 0.25) is 5.91 Å². The molecule has 0 aliphatic carbocycles. The maximum Gasteiger partial charge on any atom is 0.216 e. The molecule has 1 heterocycles. The van der Waals surface area contributed by atoms with Gasteiger partial charge in [0.15, 0.2) is 0 Å². The fraction of sp³-hybridized carbons (Fsp3) is 0.214. The fourth-order valence-corrected chi connectivity index (χ4v) is 2.18. The van der Waals surface area contributed by atoms with E-state index >= 15 is 0 Å². The molecule has 0 saturated carbocycles. The Bertz CT molecular complexity index is 593. The van der Waals surface area contributed by atoms with E-state index in [4.69, 9.17) is 23.2 Å². The summed E-state index contributed by atoms with van der Waals surface area (Å²) in [5.74, 6) is -0.0248. The van der Waals surface area contributed by atoms with Crippen LogP contribution in [0.15, 0.2) is 36.5 Å². The largest absolute Gasteiger partial charge is 0.355 e. The zero-order chi connectivity index (χ0) is 13.8. The molecule has 0 saturated heterocycles. The highest BCUT2D eigenvalue weighted by molar-refractivity contribution is 6.42. The number of benzene rings is 1. The normalized spacial score (nSPS) is 10.5. The highest BCUT2D eigenvalue weighted by Crippen LogP contribution is 2.28. The van der Waals surface area contributed by atoms with Gasteiger partial charge in [-0.25, -0.2) is 0 Å². The summed E-state index contributed by atoms with van der Waals surface area (Å²) in [6.07, 6.45) is 1.97. The Hall–Kier alpha value is -1.45. The van der Waals surface area contributed by atoms with E-state index in [1.54, 1.807) is 6.07 Å². The van der Waals surface area contributed by atoms with Gasteiger partial charge in [-0.2, -0.15) is 0 Å². The van der Waals surface area contributed by atoms with Gasteiger partial charge in [0, 0.05) is 31.9 Å². The summed E-state index contributed by atoms with van der Waals surface area (Å²) in [6.45, 7) is 2.82. The van der Waals surface area contributed by atoms with Crippen LogP contribution in [0.25, 0.3) is 11.3 Å². The van der Waals surface area contributed by atoms with Gasteiger partial charge in [-0.3, -0.25) is 4.79 Å². The fourth-order valence-electron chi connectivity index (χ4n) is 1.88. The molecule has 1 N–H and O–H groups in total. The zero-order valence-electron chi connectivity index (χ0n) is 10.5. The lowest BCUT2D eigenvalue weighted by Gasteiger charge is -2.10. The van der Waals surface area contributed by atoms with Gasteiger partial charge in [0.05, 0.1) is 10.0 Å². The molecule has 1 aromatic heterocycles. The average Bonchev–Trinajstić information content (AvgIpc) is 2.80. The Morgan fingerprint density at radius 3 is 2.74 bits per heavy atom. The van der Waals surface area contributed by atoms with Gasteiger partial charge < -0.3 is 9.88 Å². The lowest BCUT2D eigenvalue weighted by Crippen LogP contribution is -2.24. The number of nitrogens with zero attached hydrogens (tertiary/aromatic N) is 1. The molecule has 0 aliphatic rings. The Labute approximate surface area is 122 Å². The van der Waals surface area contributed by atoms with Crippen LogP contribution in [0.3, 0.4) is 0 Å². The Morgan fingerprint density at radius 2 is 2.05 bits per heavy atom. The topological polar surface area (TPSA) is 34.0 Å². The van der Waals surface area contributed by atoms with E-state index in [1.165, 1.54) is 6.92 Å². The summed E-state index contributed by atoms with van der Waals surface area (Å²) < 4.78 is 2.06. The summed E-state index contributed by atoms with van der Waals surface area (Å²) in [5, 5.41) is 3.86. The molecule has 0 atom stereocenters. The Kier molecular flexibility index (Phi) is 4.51. The number of halogens is 2. The third kappa shape index (κ3) is 3.52. The van der Waals surface area contributed by atoms with Gasteiger partial charge in [-0.1, -0.05) is 29.3 Å². The van der Waals surface area contributed by atoms with Crippen LogP contribution in [0.5, 0.6) is 0 Å². The molecule has 0 unspecified atom stereocenters. The SMILES string of the molecule is CC(=O)NCCn1cccc1-c1ccc(Cl)c(Cl)c1. The molecule has 5 heteroatoms. The van der Waals surface area contributed by atoms with Gasteiger partial charge >= 0.3 is 0 Å². The second-order valence-corrected chi connectivity index (χ2v) is 5.01. The van der Waals surface area contributed by atoms with Crippen LogP contribution in [0.1, 0.15) is 6.92 Å². The van der Waals surface area contributed by atoms with Crippen molar-refractivity contribution in [2.24, 2.45) is 0 Å². The highest BCUT2D eigenvalue weighted by atomic mass is 35.5. The highest BCUT2D eigenvalue weighted by Gasteiger charge is 2.06. The van der Waals surface area contributed by atoms with Gasteiger partial charge in [-0.15, -0.1) is 0 Å². The quantitative estimate of drug-likeness (QED) is 0.919. The maximum atomic E-state index is 10.9. The molecule has 0 aliphatic heterocycles. The standard InChI is InChI=1S/C14H14Cl2N2O/c1-10(19)17-6-8-18-7-2-3-14(18)11-4-5-12(15)13(16)9-11/h2-5,7,9H,6,8H2,1H3,(H,17,19). The minimum absolute atomic E-state index is 0.0248. The number of nitrogens with one attached hydrogen (secondary N) is 1. The second-order valence-electron chi connectivity index (χ2n) is 4.20. The molecule has 100 valence electrons. The molecule has 3 nitrogen and oxygen atoms in total. The number of aromatic nitrogens is 1. The number of hydrogen-bond donors (Lipinski definition) is 1. The smallest absolute Gasteiger partial charge is 0.216 e. The van der Waals surface area contributed by atoms with Crippen LogP contribution in [0.4, 0.5) is 0 Å². The van der Waals surface area contributed by atoms with E-state index in [1.807, 2.05) is 30.5 Å². The summed E-state index contributed by atoms with van der Waals surface area (Å²) in [7, 11) is 0. The summed E-state index contributed by atoms with van der Waals surface area (Å²) in [5.41, 5.74) is 2.05. The van der Waals surface area contributed by atoms with E-state index in [9.17, 15) is 4.79 Å². The van der Waals surface area contributed by atoms with Crippen molar-refractivity contribution in [3.05, 3.63) is 46.6 Å². The van der Waals surface area contributed by atoms with E-state index in [0.717, 1.165) is 11.3 Å². The van der Waals surface area contributed by atoms with Crippen LogP contribution >= 0.6 is 23.2 Å². The number of hydrogen-bond acceptors (Lipinski definition) is 1. The summed E-state index contributed by atoms with van der Waals surface area (Å²) >= 11 is 11.9. The number of amides is 1. The van der Waals surface area contributed by atoms with Crippen LogP contribution in [0, 0.1) is 0 Å². The lowest BCUT2D eigenvalue weighted by atomic mass is 10.1. The summed E-state index contributed by atoms with van der Waals surface area (Å²) in [4.78, 5) is 10.9. The van der Waals surface area contributed by atoms with Crippen LogP contribution in [-0.4, -0.2) is 17.0 Å². The monoisotopic (exact) mass is 296 g/mol. The first-order chi connectivity index (χ1) is 9.08. The first-order valence-electron chi connectivity index (χ1n) is 5.93. The minimum atomic E-state index is -0.0248. The minimum Gasteiger partial charge on any atom is -0.355 e. The molecule has 0 spiro atoms. The predicted octanol–water partition coefficient (Wildman–Crippen LogP) is 3.60. The van der Waals surface area contributed by atoms with Crippen molar-refractivity contribution >= 4 is 29.1 Å².